The lowest BCUT2D eigenvalue weighted by Gasteiger charge is -2.08. The molecule has 0 fully saturated rings. The van der Waals surface area contributed by atoms with E-state index >= 15 is 0 Å². The number of benzene rings is 2. The maximum Gasteiger partial charge on any atom is 0.274 e. The highest BCUT2D eigenvalue weighted by molar-refractivity contribution is 6.30. The minimum atomic E-state index is -0.442. The minimum absolute atomic E-state index is 0.179. The van der Waals surface area contributed by atoms with Crippen LogP contribution in [0.15, 0.2) is 60.9 Å². The summed E-state index contributed by atoms with van der Waals surface area (Å²) in [7, 11) is 0. The number of amides is 1. The first kappa shape index (κ1) is 16.9. The SMILES string of the molecule is O=C(Nc1cccc(F)c1)c1cc(NCc2ccc(Cl)cc2)ncn1. The second kappa shape index (κ2) is 7.72. The highest BCUT2D eigenvalue weighted by atomic mass is 35.5. The molecule has 0 saturated carbocycles. The molecule has 3 aromatic rings. The highest BCUT2D eigenvalue weighted by Crippen LogP contribution is 2.13. The van der Waals surface area contributed by atoms with Crippen LogP contribution in [-0.4, -0.2) is 15.9 Å². The van der Waals surface area contributed by atoms with Gasteiger partial charge in [0.25, 0.3) is 5.91 Å². The number of hydrogen-bond donors (Lipinski definition) is 2. The third-order valence-corrected chi connectivity index (χ3v) is 3.62. The topological polar surface area (TPSA) is 66.9 Å². The molecule has 0 spiro atoms. The van der Waals surface area contributed by atoms with Crippen LogP contribution in [0.2, 0.25) is 5.02 Å². The summed E-state index contributed by atoms with van der Waals surface area (Å²) in [5.41, 5.74) is 1.56. The van der Waals surface area contributed by atoms with Crippen LogP contribution in [0.5, 0.6) is 0 Å². The monoisotopic (exact) mass is 356 g/mol. The Morgan fingerprint density at radius 1 is 1.08 bits per heavy atom. The molecular weight excluding hydrogens is 343 g/mol. The van der Waals surface area contributed by atoms with E-state index < -0.39 is 11.7 Å². The van der Waals surface area contributed by atoms with Gasteiger partial charge in [0.05, 0.1) is 0 Å². The second-order valence-corrected chi connectivity index (χ2v) is 5.67. The van der Waals surface area contributed by atoms with E-state index in [1.807, 2.05) is 12.1 Å². The van der Waals surface area contributed by atoms with E-state index in [0.717, 1.165) is 5.56 Å². The maximum atomic E-state index is 13.2. The lowest BCUT2D eigenvalue weighted by molar-refractivity contribution is 0.102. The summed E-state index contributed by atoms with van der Waals surface area (Å²) >= 11 is 5.85. The zero-order chi connectivity index (χ0) is 17.6. The van der Waals surface area contributed by atoms with E-state index in [0.29, 0.717) is 23.1 Å². The Bertz CT molecular complexity index is 886. The Kier molecular flexibility index (Phi) is 5.20. The fourth-order valence-electron chi connectivity index (χ4n) is 2.13. The Hall–Kier alpha value is -2.99. The number of carbonyl (C=O) groups excluding carboxylic acids is 1. The van der Waals surface area contributed by atoms with Gasteiger partial charge in [0.15, 0.2) is 0 Å². The normalized spacial score (nSPS) is 10.3. The van der Waals surface area contributed by atoms with Gasteiger partial charge in [-0.1, -0.05) is 29.8 Å². The van der Waals surface area contributed by atoms with Crippen LogP contribution in [0.1, 0.15) is 16.1 Å². The summed E-state index contributed by atoms with van der Waals surface area (Å²) in [6, 6.07) is 14.6. The Morgan fingerprint density at radius 2 is 1.88 bits per heavy atom. The van der Waals surface area contributed by atoms with Crippen molar-refractivity contribution in [2.45, 2.75) is 6.54 Å². The molecule has 0 aliphatic carbocycles. The van der Waals surface area contributed by atoms with Crippen molar-refractivity contribution in [1.29, 1.82) is 0 Å². The molecule has 0 unspecified atom stereocenters. The molecule has 0 aliphatic rings. The lowest BCUT2D eigenvalue weighted by Crippen LogP contribution is -2.14. The number of carbonyl (C=O) groups is 1. The summed E-state index contributed by atoms with van der Waals surface area (Å²) in [4.78, 5) is 20.3. The Morgan fingerprint density at radius 3 is 2.64 bits per heavy atom. The quantitative estimate of drug-likeness (QED) is 0.721. The third-order valence-electron chi connectivity index (χ3n) is 3.37. The molecular formula is C18H14ClFN4O. The van der Waals surface area contributed by atoms with Crippen molar-refractivity contribution in [2.75, 3.05) is 10.6 Å². The average Bonchev–Trinajstić information content (AvgIpc) is 2.61. The summed E-state index contributed by atoms with van der Waals surface area (Å²) in [6.45, 7) is 0.527. The molecule has 3 rings (SSSR count). The van der Waals surface area contributed by atoms with Crippen molar-refractivity contribution in [1.82, 2.24) is 9.97 Å². The smallest absolute Gasteiger partial charge is 0.274 e. The van der Waals surface area contributed by atoms with E-state index in [1.54, 1.807) is 18.2 Å². The molecule has 25 heavy (non-hydrogen) atoms. The minimum Gasteiger partial charge on any atom is -0.366 e. The maximum absolute atomic E-state index is 13.2. The van der Waals surface area contributed by atoms with Crippen LogP contribution in [0.3, 0.4) is 0 Å². The molecule has 1 heterocycles. The van der Waals surface area contributed by atoms with Crippen molar-refractivity contribution >= 4 is 29.0 Å². The first-order chi connectivity index (χ1) is 12.1. The Labute approximate surface area is 148 Å². The largest absolute Gasteiger partial charge is 0.366 e. The summed E-state index contributed by atoms with van der Waals surface area (Å²) < 4.78 is 13.2. The van der Waals surface area contributed by atoms with E-state index in [4.69, 9.17) is 11.6 Å². The standard InChI is InChI=1S/C18H14ClFN4O/c19-13-6-4-12(5-7-13)10-21-17-9-16(22-11-23-17)18(25)24-15-3-1-2-14(20)8-15/h1-9,11H,10H2,(H,24,25)(H,21,22,23). The average molecular weight is 357 g/mol. The van der Waals surface area contributed by atoms with Gasteiger partial charge >= 0.3 is 0 Å². The lowest BCUT2D eigenvalue weighted by atomic mass is 10.2. The van der Waals surface area contributed by atoms with Crippen LogP contribution in [0.4, 0.5) is 15.9 Å². The zero-order valence-corrected chi connectivity index (χ0v) is 13.8. The van der Waals surface area contributed by atoms with E-state index in [-0.39, 0.29) is 5.69 Å². The molecule has 7 heteroatoms. The number of hydrogen-bond acceptors (Lipinski definition) is 4. The van der Waals surface area contributed by atoms with E-state index in [2.05, 4.69) is 20.6 Å². The molecule has 0 aliphatic heterocycles. The molecule has 0 saturated heterocycles. The number of anilines is 2. The number of nitrogens with zero attached hydrogens (tertiary/aromatic N) is 2. The fourth-order valence-corrected chi connectivity index (χ4v) is 2.26. The van der Waals surface area contributed by atoms with Gasteiger partial charge in [-0.2, -0.15) is 0 Å². The van der Waals surface area contributed by atoms with Crippen LogP contribution in [0, 0.1) is 5.82 Å². The van der Waals surface area contributed by atoms with Crippen molar-refractivity contribution in [2.24, 2.45) is 0 Å². The van der Waals surface area contributed by atoms with Crippen molar-refractivity contribution in [3.8, 4) is 0 Å². The van der Waals surface area contributed by atoms with Crippen LogP contribution in [0.25, 0.3) is 0 Å². The Balaban J connectivity index is 1.66. The summed E-state index contributed by atoms with van der Waals surface area (Å²) in [5.74, 6) is -0.359. The predicted molar refractivity (Wildman–Crippen MR) is 95.2 cm³/mol. The predicted octanol–water partition coefficient (Wildman–Crippen LogP) is 4.13. The molecule has 5 nitrogen and oxygen atoms in total. The molecule has 1 aromatic heterocycles. The van der Waals surface area contributed by atoms with Gasteiger partial charge in [0.2, 0.25) is 0 Å². The molecule has 0 atom stereocenters. The van der Waals surface area contributed by atoms with Gasteiger partial charge < -0.3 is 10.6 Å². The molecule has 126 valence electrons. The molecule has 2 N–H and O–H groups in total. The molecule has 0 radical (unpaired) electrons. The van der Waals surface area contributed by atoms with Crippen LogP contribution in [-0.2, 0) is 6.54 Å². The number of halogens is 2. The van der Waals surface area contributed by atoms with Gasteiger partial charge in [-0.05, 0) is 35.9 Å². The van der Waals surface area contributed by atoms with Crippen LogP contribution >= 0.6 is 11.6 Å². The van der Waals surface area contributed by atoms with Gasteiger partial charge in [-0.25, -0.2) is 14.4 Å². The first-order valence-corrected chi connectivity index (χ1v) is 7.85. The number of rotatable bonds is 5. The zero-order valence-electron chi connectivity index (χ0n) is 13.0. The number of nitrogens with one attached hydrogen (secondary N) is 2. The van der Waals surface area contributed by atoms with E-state index in [1.165, 1.54) is 30.6 Å². The van der Waals surface area contributed by atoms with Gasteiger partial charge in [0, 0.05) is 23.3 Å². The van der Waals surface area contributed by atoms with Crippen molar-refractivity contribution in [3.05, 3.63) is 83.0 Å². The molecule has 1 amide bonds. The van der Waals surface area contributed by atoms with Gasteiger partial charge in [-0.15, -0.1) is 0 Å². The van der Waals surface area contributed by atoms with Gasteiger partial charge in [0.1, 0.15) is 23.7 Å². The third kappa shape index (κ3) is 4.74. The molecule has 0 bridgehead atoms. The van der Waals surface area contributed by atoms with E-state index in [9.17, 15) is 9.18 Å². The highest BCUT2D eigenvalue weighted by Gasteiger charge is 2.09. The first-order valence-electron chi connectivity index (χ1n) is 7.47. The molecule has 2 aromatic carbocycles. The van der Waals surface area contributed by atoms with Crippen molar-refractivity contribution in [3.63, 3.8) is 0 Å². The summed E-state index contributed by atoms with van der Waals surface area (Å²) in [5, 5.41) is 6.38. The van der Waals surface area contributed by atoms with Gasteiger partial charge in [-0.3, -0.25) is 4.79 Å². The van der Waals surface area contributed by atoms with Crippen molar-refractivity contribution < 1.29 is 9.18 Å². The second-order valence-electron chi connectivity index (χ2n) is 5.23. The summed E-state index contributed by atoms with van der Waals surface area (Å²) in [6.07, 6.45) is 1.30. The van der Waals surface area contributed by atoms with Crippen LogP contribution < -0.4 is 10.6 Å². The number of aromatic nitrogens is 2. The fraction of sp³-hybridized carbons (Fsp3) is 0.0556.